The van der Waals surface area contributed by atoms with Gasteiger partial charge in [0.2, 0.25) is 0 Å². The van der Waals surface area contributed by atoms with E-state index in [2.05, 4.69) is 25.4 Å². The van der Waals surface area contributed by atoms with Gasteiger partial charge in [0, 0.05) is 71.9 Å². The fraction of sp³-hybridized carbons (Fsp3) is 0.444. The summed E-state index contributed by atoms with van der Waals surface area (Å²) in [6.07, 6.45) is 6.72. The van der Waals surface area contributed by atoms with Crippen LogP contribution in [0.2, 0.25) is 0 Å². The summed E-state index contributed by atoms with van der Waals surface area (Å²) in [5, 5.41) is 11.1. The van der Waals surface area contributed by atoms with Crippen molar-refractivity contribution in [3.05, 3.63) is 70.9 Å². The van der Waals surface area contributed by atoms with Crippen molar-refractivity contribution in [1.29, 1.82) is 0 Å². The number of nitrogens with zero attached hydrogens (tertiary/aromatic N) is 4. The number of hydrogen-bond acceptors (Lipinski definition) is 4. The lowest BCUT2D eigenvalue weighted by Crippen LogP contribution is -2.56. The zero-order valence-corrected chi connectivity index (χ0v) is 20.0. The Hall–Kier alpha value is -3.26. The van der Waals surface area contributed by atoms with E-state index in [1.165, 1.54) is 6.07 Å². The van der Waals surface area contributed by atoms with Gasteiger partial charge in [-0.25, -0.2) is 9.18 Å². The van der Waals surface area contributed by atoms with Gasteiger partial charge in [0.1, 0.15) is 5.82 Å². The van der Waals surface area contributed by atoms with Crippen molar-refractivity contribution < 1.29 is 9.18 Å². The highest BCUT2D eigenvalue weighted by molar-refractivity contribution is 5.76. The van der Waals surface area contributed by atoms with Crippen molar-refractivity contribution in [3.63, 3.8) is 0 Å². The Balaban J connectivity index is 1.15. The van der Waals surface area contributed by atoms with Crippen LogP contribution in [0.1, 0.15) is 48.2 Å². The van der Waals surface area contributed by atoms with Crippen molar-refractivity contribution in [3.8, 4) is 11.3 Å². The first-order chi connectivity index (χ1) is 17.1. The molecule has 0 aliphatic carbocycles. The van der Waals surface area contributed by atoms with Crippen LogP contribution in [0.4, 0.5) is 9.18 Å². The van der Waals surface area contributed by atoms with E-state index in [1.807, 2.05) is 36.1 Å². The molecule has 3 atom stereocenters. The quantitative estimate of drug-likeness (QED) is 0.595. The number of piperidine rings is 1. The van der Waals surface area contributed by atoms with E-state index in [9.17, 15) is 9.18 Å². The summed E-state index contributed by atoms with van der Waals surface area (Å²) >= 11 is 0. The van der Waals surface area contributed by atoms with Crippen molar-refractivity contribution in [2.45, 2.75) is 70.2 Å². The van der Waals surface area contributed by atoms with Crippen molar-refractivity contribution >= 4 is 6.03 Å². The van der Waals surface area contributed by atoms with Crippen LogP contribution in [-0.2, 0) is 19.5 Å². The summed E-state index contributed by atoms with van der Waals surface area (Å²) in [6, 6.07) is 11.8. The Bertz CT molecular complexity index is 1240. The van der Waals surface area contributed by atoms with E-state index in [0.29, 0.717) is 25.7 Å². The number of amides is 2. The van der Waals surface area contributed by atoms with Crippen LogP contribution in [0.5, 0.6) is 0 Å². The standard InChI is InChI=1S/C27H31FN6O/c1-17-14-18(10-12-29-17)26-21-16-33(13-11-23(21)31-32-26)27(35)30-24-8-6-20-7-9-25(24)34(20)15-19-4-2-3-5-22(19)28/h2-5,10,12,14,20,24-25H,6-9,11,13,15-16H2,1H3,(H,30,35)(H,31,32)/t20-,24?,25-/m0/s1. The lowest BCUT2D eigenvalue weighted by molar-refractivity contribution is 0.0974. The third-order valence-corrected chi connectivity index (χ3v) is 7.98. The molecule has 35 heavy (non-hydrogen) atoms. The number of halogens is 1. The molecule has 1 aromatic carbocycles. The van der Waals surface area contributed by atoms with Crippen LogP contribution in [0, 0.1) is 12.7 Å². The van der Waals surface area contributed by atoms with E-state index in [0.717, 1.165) is 65.9 Å². The van der Waals surface area contributed by atoms with E-state index in [-0.39, 0.29) is 23.9 Å². The monoisotopic (exact) mass is 474 g/mol. The average Bonchev–Trinajstić information content (AvgIpc) is 3.40. The molecule has 0 saturated carbocycles. The smallest absolute Gasteiger partial charge is 0.317 e. The molecular formula is C27H31FN6O. The highest BCUT2D eigenvalue weighted by Gasteiger charge is 2.43. The van der Waals surface area contributed by atoms with Gasteiger partial charge in [-0.05, 0) is 50.8 Å². The molecule has 0 spiro atoms. The van der Waals surface area contributed by atoms with E-state index in [1.54, 1.807) is 12.3 Å². The lowest BCUT2D eigenvalue weighted by Gasteiger charge is -2.41. The first-order valence-electron chi connectivity index (χ1n) is 12.6. The number of aromatic amines is 1. The third kappa shape index (κ3) is 4.20. The Labute approximate surface area is 204 Å². The molecule has 3 aliphatic heterocycles. The minimum absolute atomic E-state index is 0.0186. The normalized spacial score (nSPS) is 23.8. The predicted octanol–water partition coefficient (Wildman–Crippen LogP) is 4.18. The molecule has 182 valence electrons. The van der Waals surface area contributed by atoms with Crippen LogP contribution in [0.15, 0.2) is 42.6 Å². The molecule has 7 nitrogen and oxygen atoms in total. The summed E-state index contributed by atoms with van der Waals surface area (Å²) in [6.45, 7) is 3.77. The van der Waals surface area contributed by atoms with E-state index >= 15 is 0 Å². The maximum Gasteiger partial charge on any atom is 0.317 e. The Morgan fingerprint density at radius 1 is 1.20 bits per heavy atom. The zero-order chi connectivity index (χ0) is 23.9. The highest BCUT2D eigenvalue weighted by atomic mass is 19.1. The molecule has 1 unspecified atom stereocenters. The van der Waals surface area contributed by atoms with Crippen LogP contribution >= 0.6 is 0 Å². The number of nitrogens with one attached hydrogen (secondary N) is 2. The van der Waals surface area contributed by atoms with E-state index < -0.39 is 0 Å². The predicted molar refractivity (Wildman–Crippen MR) is 131 cm³/mol. The topological polar surface area (TPSA) is 77.2 Å². The Morgan fingerprint density at radius 3 is 2.91 bits per heavy atom. The van der Waals surface area contributed by atoms with Gasteiger partial charge in [-0.2, -0.15) is 5.10 Å². The number of hydrogen-bond donors (Lipinski definition) is 2. The molecule has 3 aromatic rings. The Morgan fingerprint density at radius 2 is 2.06 bits per heavy atom. The van der Waals surface area contributed by atoms with Crippen LogP contribution in [0.25, 0.3) is 11.3 Å². The molecule has 5 heterocycles. The molecule has 2 N–H and O–H groups in total. The molecule has 8 heteroatoms. The van der Waals surface area contributed by atoms with Gasteiger partial charge in [-0.1, -0.05) is 18.2 Å². The minimum atomic E-state index is -0.150. The first-order valence-corrected chi connectivity index (χ1v) is 12.6. The molecular weight excluding hydrogens is 443 g/mol. The lowest BCUT2D eigenvalue weighted by atomic mass is 9.96. The second-order valence-electron chi connectivity index (χ2n) is 10.1. The number of H-pyrrole nitrogens is 1. The SMILES string of the molecule is Cc1cc(-c2n[nH]c3c2CN(C(=O)NC2CC[C@H]4CC[C@@H]2N4Cc2ccccc2F)CC3)ccn1. The minimum Gasteiger partial charge on any atom is -0.334 e. The molecule has 3 aliphatic rings. The molecule has 2 saturated heterocycles. The second-order valence-corrected chi connectivity index (χ2v) is 10.1. The molecule has 0 radical (unpaired) electrons. The fourth-order valence-corrected chi connectivity index (χ4v) is 6.16. The Kier molecular flexibility index (Phi) is 5.76. The number of fused-ring (bicyclic) bond motifs is 3. The fourth-order valence-electron chi connectivity index (χ4n) is 6.16. The molecule has 2 aromatic heterocycles. The summed E-state index contributed by atoms with van der Waals surface area (Å²) in [4.78, 5) is 22.0. The van der Waals surface area contributed by atoms with Crippen LogP contribution in [-0.4, -0.2) is 55.7 Å². The maximum atomic E-state index is 14.3. The van der Waals surface area contributed by atoms with Crippen LogP contribution in [0.3, 0.4) is 0 Å². The summed E-state index contributed by atoms with van der Waals surface area (Å²) in [5.74, 6) is -0.150. The number of rotatable bonds is 4. The van der Waals surface area contributed by atoms with Gasteiger partial charge in [-0.15, -0.1) is 0 Å². The molecule has 2 fully saturated rings. The van der Waals surface area contributed by atoms with Crippen LogP contribution < -0.4 is 5.32 Å². The maximum absolute atomic E-state index is 14.3. The second kappa shape index (κ2) is 9.07. The van der Waals surface area contributed by atoms with Gasteiger partial charge < -0.3 is 10.2 Å². The van der Waals surface area contributed by atoms with Gasteiger partial charge in [0.15, 0.2) is 0 Å². The average molecular weight is 475 g/mol. The van der Waals surface area contributed by atoms with Gasteiger partial charge in [0.25, 0.3) is 0 Å². The number of benzene rings is 1. The summed E-state index contributed by atoms with van der Waals surface area (Å²) in [7, 11) is 0. The summed E-state index contributed by atoms with van der Waals surface area (Å²) in [5.41, 5.74) is 5.78. The number of urea groups is 1. The van der Waals surface area contributed by atoms with Gasteiger partial charge in [0.05, 0.1) is 12.2 Å². The third-order valence-electron chi connectivity index (χ3n) is 7.98. The largest absolute Gasteiger partial charge is 0.334 e. The number of pyridine rings is 1. The number of carbonyl (C=O) groups is 1. The van der Waals surface area contributed by atoms with Crippen molar-refractivity contribution in [2.75, 3.05) is 6.54 Å². The summed E-state index contributed by atoms with van der Waals surface area (Å²) < 4.78 is 14.3. The number of carbonyl (C=O) groups excluding carboxylic acids is 1. The van der Waals surface area contributed by atoms with Gasteiger partial charge >= 0.3 is 6.03 Å². The highest BCUT2D eigenvalue weighted by Crippen LogP contribution is 2.37. The number of aromatic nitrogens is 3. The molecule has 2 amide bonds. The first kappa shape index (κ1) is 22.2. The number of aryl methyl sites for hydroxylation is 1. The van der Waals surface area contributed by atoms with Crippen molar-refractivity contribution in [1.82, 2.24) is 30.3 Å². The zero-order valence-electron chi connectivity index (χ0n) is 20.0. The van der Waals surface area contributed by atoms with Gasteiger partial charge in [-0.3, -0.25) is 15.0 Å². The van der Waals surface area contributed by atoms with Crippen molar-refractivity contribution in [2.24, 2.45) is 0 Å². The molecule has 6 rings (SSSR count). The molecule has 2 bridgehead atoms. The van der Waals surface area contributed by atoms with E-state index in [4.69, 9.17) is 0 Å².